The highest BCUT2D eigenvalue weighted by molar-refractivity contribution is 5.76. The van der Waals surface area contributed by atoms with Crippen molar-refractivity contribution >= 4 is 5.91 Å². The summed E-state index contributed by atoms with van der Waals surface area (Å²) >= 11 is 0. The van der Waals surface area contributed by atoms with Gasteiger partial charge in [-0.3, -0.25) is 4.79 Å². The van der Waals surface area contributed by atoms with Crippen molar-refractivity contribution in [1.82, 2.24) is 25.1 Å². The van der Waals surface area contributed by atoms with Crippen LogP contribution in [0, 0.1) is 0 Å². The Morgan fingerprint density at radius 2 is 1.90 bits per heavy atom. The van der Waals surface area contributed by atoms with E-state index >= 15 is 0 Å². The summed E-state index contributed by atoms with van der Waals surface area (Å²) in [5, 5.41) is 7.02. The molecule has 1 N–H and O–H groups in total. The predicted octanol–water partition coefficient (Wildman–Crippen LogP) is 1.94. The highest BCUT2D eigenvalue weighted by atomic mass is 16.5. The average molecular weight is 397 g/mol. The number of hydrogen-bond acceptors (Lipinski definition) is 7. The molecule has 1 amide bonds. The molecule has 0 saturated carbocycles. The van der Waals surface area contributed by atoms with E-state index < -0.39 is 0 Å². The van der Waals surface area contributed by atoms with Crippen molar-refractivity contribution in [3.8, 4) is 23.1 Å². The van der Waals surface area contributed by atoms with Crippen LogP contribution in [0.3, 0.4) is 0 Å². The lowest BCUT2D eigenvalue weighted by Gasteiger charge is -2.15. The smallest absolute Gasteiger partial charge is 0.220 e. The standard InChI is InChI=1S/C20H23N5O4/c1-27-16-8-6-14(18(28-2)19(16)29-3)7-9-17(26)23-11-15-5-4-10-22-20(15)25-13-21-12-24-25/h4-6,8,10,12-13H,7,9,11H2,1-3H3,(H,23,26). The summed E-state index contributed by atoms with van der Waals surface area (Å²) < 4.78 is 17.7. The molecule has 3 aromatic rings. The molecule has 0 spiro atoms. The Morgan fingerprint density at radius 3 is 2.59 bits per heavy atom. The second kappa shape index (κ2) is 9.54. The number of pyridine rings is 1. The van der Waals surface area contributed by atoms with E-state index in [1.54, 1.807) is 44.6 Å². The van der Waals surface area contributed by atoms with Crippen molar-refractivity contribution < 1.29 is 19.0 Å². The average Bonchev–Trinajstić information content (AvgIpc) is 3.30. The number of nitrogens with zero attached hydrogens (tertiary/aromatic N) is 4. The Labute approximate surface area is 168 Å². The molecule has 29 heavy (non-hydrogen) atoms. The molecule has 0 radical (unpaired) electrons. The zero-order chi connectivity index (χ0) is 20.6. The largest absolute Gasteiger partial charge is 0.493 e. The summed E-state index contributed by atoms with van der Waals surface area (Å²) in [7, 11) is 4.68. The quantitative estimate of drug-likeness (QED) is 0.589. The first kappa shape index (κ1) is 20.1. The van der Waals surface area contributed by atoms with Gasteiger partial charge in [0, 0.05) is 24.7 Å². The molecule has 0 aliphatic rings. The summed E-state index contributed by atoms with van der Waals surface area (Å²) in [6.07, 6.45) is 5.47. The molecular formula is C20H23N5O4. The van der Waals surface area contributed by atoms with Crippen LogP contribution in [-0.2, 0) is 17.8 Å². The first-order valence-electron chi connectivity index (χ1n) is 9.01. The van der Waals surface area contributed by atoms with Crippen LogP contribution in [-0.4, -0.2) is 47.0 Å². The van der Waals surface area contributed by atoms with Crippen LogP contribution in [0.4, 0.5) is 0 Å². The lowest BCUT2D eigenvalue weighted by Crippen LogP contribution is -2.24. The fraction of sp³-hybridized carbons (Fsp3) is 0.300. The highest BCUT2D eigenvalue weighted by Gasteiger charge is 2.16. The number of carbonyl (C=O) groups excluding carboxylic acids is 1. The highest BCUT2D eigenvalue weighted by Crippen LogP contribution is 2.40. The van der Waals surface area contributed by atoms with E-state index in [0.717, 1.165) is 11.1 Å². The third-order valence-corrected chi connectivity index (χ3v) is 4.39. The Hall–Kier alpha value is -3.62. The minimum atomic E-state index is -0.0877. The van der Waals surface area contributed by atoms with Crippen LogP contribution in [0.15, 0.2) is 43.1 Å². The van der Waals surface area contributed by atoms with Crippen LogP contribution in [0.5, 0.6) is 17.2 Å². The summed E-state index contributed by atoms with van der Waals surface area (Å²) in [5.41, 5.74) is 1.71. The molecule has 0 unspecified atom stereocenters. The lowest BCUT2D eigenvalue weighted by atomic mass is 10.1. The SMILES string of the molecule is COc1ccc(CCC(=O)NCc2cccnc2-n2cncn2)c(OC)c1OC. The van der Waals surface area contributed by atoms with Crippen LogP contribution < -0.4 is 19.5 Å². The van der Waals surface area contributed by atoms with Gasteiger partial charge in [0.15, 0.2) is 17.3 Å². The maximum atomic E-state index is 12.4. The van der Waals surface area contributed by atoms with Gasteiger partial charge in [-0.05, 0) is 24.1 Å². The zero-order valence-corrected chi connectivity index (χ0v) is 16.6. The van der Waals surface area contributed by atoms with Crippen LogP contribution in [0.2, 0.25) is 0 Å². The van der Waals surface area contributed by atoms with E-state index in [1.807, 2.05) is 18.2 Å². The topological polar surface area (TPSA) is 100 Å². The maximum Gasteiger partial charge on any atom is 0.220 e. The number of amides is 1. The maximum absolute atomic E-state index is 12.4. The van der Waals surface area contributed by atoms with Gasteiger partial charge in [0.2, 0.25) is 11.7 Å². The molecule has 0 fully saturated rings. The first-order chi connectivity index (χ1) is 14.2. The minimum absolute atomic E-state index is 0.0877. The van der Waals surface area contributed by atoms with Gasteiger partial charge >= 0.3 is 0 Å². The molecule has 9 nitrogen and oxygen atoms in total. The molecule has 2 aromatic heterocycles. The van der Waals surface area contributed by atoms with Crippen LogP contribution in [0.25, 0.3) is 5.82 Å². The molecule has 0 saturated heterocycles. The second-order valence-electron chi connectivity index (χ2n) is 6.10. The van der Waals surface area contributed by atoms with Crippen LogP contribution in [0.1, 0.15) is 17.5 Å². The first-order valence-corrected chi connectivity index (χ1v) is 9.01. The molecule has 0 atom stereocenters. The van der Waals surface area contributed by atoms with E-state index in [1.165, 1.54) is 6.33 Å². The fourth-order valence-electron chi connectivity index (χ4n) is 2.98. The van der Waals surface area contributed by atoms with E-state index in [0.29, 0.717) is 42.5 Å². The number of rotatable bonds is 9. The second-order valence-corrected chi connectivity index (χ2v) is 6.10. The number of aromatic nitrogens is 4. The van der Waals surface area contributed by atoms with Gasteiger partial charge < -0.3 is 19.5 Å². The molecule has 152 valence electrons. The number of nitrogens with one attached hydrogen (secondary N) is 1. The van der Waals surface area contributed by atoms with Crippen molar-refractivity contribution in [1.29, 1.82) is 0 Å². The van der Waals surface area contributed by atoms with Gasteiger partial charge in [-0.1, -0.05) is 12.1 Å². The number of carbonyl (C=O) groups is 1. The van der Waals surface area contributed by atoms with E-state index in [9.17, 15) is 4.79 Å². The summed E-state index contributed by atoms with van der Waals surface area (Å²) in [4.78, 5) is 20.7. The van der Waals surface area contributed by atoms with Crippen molar-refractivity contribution in [2.24, 2.45) is 0 Å². The molecule has 0 aliphatic carbocycles. The number of benzene rings is 1. The Kier molecular flexibility index (Phi) is 6.62. The third kappa shape index (κ3) is 4.63. The number of hydrogen-bond donors (Lipinski definition) is 1. The normalized spacial score (nSPS) is 10.4. The summed E-state index contributed by atoms with van der Waals surface area (Å²) in [6, 6.07) is 7.38. The monoisotopic (exact) mass is 397 g/mol. The summed E-state index contributed by atoms with van der Waals surface area (Å²) in [6.45, 7) is 0.338. The zero-order valence-electron chi connectivity index (χ0n) is 16.6. The lowest BCUT2D eigenvalue weighted by molar-refractivity contribution is -0.121. The third-order valence-electron chi connectivity index (χ3n) is 4.39. The van der Waals surface area contributed by atoms with Crippen LogP contribution >= 0.6 is 0 Å². The minimum Gasteiger partial charge on any atom is -0.493 e. The Morgan fingerprint density at radius 1 is 1.07 bits per heavy atom. The Bertz CT molecular complexity index is 960. The van der Waals surface area contributed by atoms with Gasteiger partial charge in [-0.15, -0.1) is 0 Å². The molecule has 3 rings (SSSR count). The molecular weight excluding hydrogens is 374 g/mol. The van der Waals surface area contributed by atoms with E-state index in [4.69, 9.17) is 14.2 Å². The predicted molar refractivity (Wildman–Crippen MR) is 105 cm³/mol. The van der Waals surface area contributed by atoms with Crippen molar-refractivity contribution in [2.45, 2.75) is 19.4 Å². The van der Waals surface area contributed by atoms with Gasteiger partial charge in [-0.25, -0.2) is 14.6 Å². The number of methoxy groups -OCH3 is 3. The van der Waals surface area contributed by atoms with Crippen molar-refractivity contribution in [3.05, 3.63) is 54.2 Å². The number of aryl methyl sites for hydroxylation is 1. The summed E-state index contributed by atoms with van der Waals surface area (Å²) in [5.74, 6) is 2.21. The van der Waals surface area contributed by atoms with Gasteiger partial charge in [-0.2, -0.15) is 5.10 Å². The van der Waals surface area contributed by atoms with Crippen molar-refractivity contribution in [2.75, 3.05) is 21.3 Å². The Balaban J connectivity index is 1.63. The fourth-order valence-corrected chi connectivity index (χ4v) is 2.98. The van der Waals surface area contributed by atoms with Gasteiger partial charge in [0.1, 0.15) is 12.7 Å². The van der Waals surface area contributed by atoms with Gasteiger partial charge in [0.05, 0.1) is 21.3 Å². The molecule has 0 bridgehead atoms. The molecule has 1 aromatic carbocycles. The number of ether oxygens (including phenoxy) is 3. The van der Waals surface area contributed by atoms with Gasteiger partial charge in [0.25, 0.3) is 0 Å². The van der Waals surface area contributed by atoms with Crippen molar-refractivity contribution in [3.63, 3.8) is 0 Å². The molecule has 0 aliphatic heterocycles. The molecule has 9 heteroatoms. The van der Waals surface area contributed by atoms with E-state index in [2.05, 4.69) is 20.4 Å². The molecule has 2 heterocycles. The van der Waals surface area contributed by atoms with E-state index in [-0.39, 0.29) is 5.91 Å².